The third kappa shape index (κ3) is 2.83. The summed E-state index contributed by atoms with van der Waals surface area (Å²) in [6.07, 6.45) is 0. The van der Waals surface area contributed by atoms with Crippen molar-refractivity contribution in [2.45, 2.75) is 13.5 Å². The minimum Gasteiger partial charge on any atom is -0.315 e. The maximum Gasteiger partial charge on any atom is 0.0496 e. The van der Waals surface area contributed by atoms with Crippen molar-refractivity contribution < 1.29 is 0 Å². The van der Waals surface area contributed by atoms with Crippen molar-refractivity contribution in [3.63, 3.8) is 0 Å². The van der Waals surface area contributed by atoms with Gasteiger partial charge in [-0.25, -0.2) is 0 Å². The Morgan fingerprint density at radius 1 is 1.18 bits per heavy atom. The van der Waals surface area contributed by atoms with Crippen molar-refractivity contribution in [1.29, 1.82) is 0 Å². The molecule has 0 aliphatic heterocycles. The highest BCUT2D eigenvalue weighted by molar-refractivity contribution is 7.15. The molecular formula is C13H13Cl2NS. The van der Waals surface area contributed by atoms with Gasteiger partial charge in [0.25, 0.3) is 0 Å². The van der Waals surface area contributed by atoms with Gasteiger partial charge < -0.3 is 5.32 Å². The zero-order chi connectivity index (χ0) is 12.4. The zero-order valence-electron chi connectivity index (χ0n) is 9.68. The monoisotopic (exact) mass is 285 g/mol. The highest BCUT2D eigenvalue weighted by Gasteiger charge is 2.09. The average Bonchev–Trinajstić information content (AvgIpc) is 2.72. The van der Waals surface area contributed by atoms with E-state index in [1.54, 1.807) is 11.3 Å². The first-order valence-electron chi connectivity index (χ1n) is 5.31. The molecule has 2 rings (SSSR count). The molecule has 1 N–H and O–H groups in total. The standard InChI is InChI=1S/C13H13Cl2NS/c1-8-5-12(15)10(6-11(8)14)13-4-3-9(17-13)7-16-2/h3-6,16H,7H2,1-2H3. The summed E-state index contributed by atoms with van der Waals surface area (Å²) in [6.45, 7) is 2.83. The minimum absolute atomic E-state index is 0.754. The van der Waals surface area contributed by atoms with Gasteiger partial charge in [-0.2, -0.15) is 0 Å². The number of rotatable bonds is 3. The van der Waals surface area contributed by atoms with Gasteiger partial charge in [-0.3, -0.25) is 0 Å². The maximum atomic E-state index is 6.25. The van der Waals surface area contributed by atoms with Crippen LogP contribution in [0, 0.1) is 6.92 Å². The third-order valence-corrected chi connectivity index (χ3v) is 4.36. The Morgan fingerprint density at radius 3 is 2.65 bits per heavy atom. The fourth-order valence-electron chi connectivity index (χ4n) is 1.63. The number of hydrogen-bond donors (Lipinski definition) is 1. The van der Waals surface area contributed by atoms with Crippen LogP contribution in [0.3, 0.4) is 0 Å². The summed E-state index contributed by atoms with van der Waals surface area (Å²) in [4.78, 5) is 2.44. The topological polar surface area (TPSA) is 12.0 Å². The van der Waals surface area contributed by atoms with Crippen molar-refractivity contribution >= 4 is 34.5 Å². The summed E-state index contributed by atoms with van der Waals surface area (Å²) in [5.74, 6) is 0. The van der Waals surface area contributed by atoms with Crippen LogP contribution in [0.25, 0.3) is 10.4 Å². The molecule has 0 aliphatic carbocycles. The summed E-state index contributed by atoms with van der Waals surface area (Å²) >= 11 is 14.1. The number of halogens is 2. The molecular weight excluding hydrogens is 273 g/mol. The minimum atomic E-state index is 0.754. The number of benzene rings is 1. The Hall–Kier alpha value is -0.540. The second-order valence-corrected chi connectivity index (χ2v) is 5.86. The SMILES string of the molecule is CNCc1ccc(-c2cc(Cl)c(C)cc2Cl)s1. The van der Waals surface area contributed by atoms with Crippen molar-refractivity contribution in [2.24, 2.45) is 0 Å². The summed E-state index contributed by atoms with van der Waals surface area (Å²) in [7, 11) is 1.94. The lowest BCUT2D eigenvalue weighted by Gasteiger charge is -2.05. The normalized spacial score (nSPS) is 10.8. The smallest absolute Gasteiger partial charge is 0.0496 e. The quantitative estimate of drug-likeness (QED) is 0.858. The maximum absolute atomic E-state index is 6.25. The van der Waals surface area contributed by atoms with E-state index < -0.39 is 0 Å². The Morgan fingerprint density at radius 2 is 1.94 bits per heavy atom. The van der Waals surface area contributed by atoms with Crippen molar-refractivity contribution in [1.82, 2.24) is 5.32 Å². The molecule has 0 radical (unpaired) electrons. The Kier molecular flexibility index (Phi) is 4.10. The fraction of sp³-hybridized carbons (Fsp3) is 0.231. The van der Waals surface area contributed by atoms with Crippen LogP contribution in [-0.2, 0) is 6.54 Å². The van der Waals surface area contributed by atoms with Crippen LogP contribution in [-0.4, -0.2) is 7.05 Å². The number of nitrogens with one attached hydrogen (secondary N) is 1. The molecule has 0 fully saturated rings. The molecule has 0 atom stereocenters. The molecule has 0 bridgehead atoms. The first kappa shape index (κ1) is 12.9. The van der Waals surface area contributed by atoms with Gasteiger partial charge in [0.2, 0.25) is 0 Å². The molecule has 1 aromatic heterocycles. The summed E-state index contributed by atoms with van der Waals surface area (Å²) in [5, 5.41) is 4.65. The second kappa shape index (κ2) is 5.40. The van der Waals surface area contributed by atoms with E-state index in [-0.39, 0.29) is 0 Å². The van der Waals surface area contributed by atoms with Gasteiger partial charge in [-0.05, 0) is 43.8 Å². The van der Waals surface area contributed by atoms with E-state index in [0.717, 1.165) is 32.6 Å². The van der Waals surface area contributed by atoms with Gasteiger partial charge in [0, 0.05) is 31.9 Å². The largest absolute Gasteiger partial charge is 0.315 e. The predicted octanol–water partition coefficient (Wildman–Crippen LogP) is 4.75. The molecule has 17 heavy (non-hydrogen) atoms. The summed E-state index contributed by atoms with van der Waals surface area (Å²) in [5.41, 5.74) is 2.02. The summed E-state index contributed by atoms with van der Waals surface area (Å²) < 4.78 is 0. The third-order valence-electron chi connectivity index (χ3n) is 2.53. The van der Waals surface area contributed by atoms with E-state index >= 15 is 0 Å². The molecule has 1 heterocycles. The fourth-order valence-corrected chi connectivity index (χ4v) is 3.22. The predicted molar refractivity (Wildman–Crippen MR) is 77.3 cm³/mol. The van der Waals surface area contributed by atoms with Crippen LogP contribution in [0.1, 0.15) is 10.4 Å². The van der Waals surface area contributed by atoms with Crippen LogP contribution in [0.5, 0.6) is 0 Å². The molecule has 0 saturated carbocycles. The Balaban J connectivity index is 2.41. The van der Waals surface area contributed by atoms with Crippen molar-refractivity contribution in [3.8, 4) is 10.4 Å². The molecule has 0 unspecified atom stereocenters. The zero-order valence-corrected chi connectivity index (χ0v) is 12.0. The molecule has 1 nitrogen and oxygen atoms in total. The second-order valence-electron chi connectivity index (χ2n) is 3.88. The summed E-state index contributed by atoms with van der Waals surface area (Å²) in [6, 6.07) is 8.05. The van der Waals surface area contributed by atoms with Crippen LogP contribution in [0.2, 0.25) is 10.0 Å². The molecule has 90 valence electrons. The van der Waals surface area contributed by atoms with E-state index in [4.69, 9.17) is 23.2 Å². The van der Waals surface area contributed by atoms with Crippen LogP contribution in [0.4, 0.5) is 0 Å². The van der Waals surface area contributed by atoms with Gasteiger partial charge in [0.15, 0.2) is 0 Å². The van der Waals surface area contributed by atoms with Crippen molar-refractivity contribution in [2.75, 3.05) is 7.05 Å². The van der Waals surface area contributed by atoms with Gasteiger partial charge in [-0.15, -0.1) is 11.3 Å². The van der Waals surface area contributed by atoms with Crippen LogP contribution >= 0.6 is 34.5 Å². The van der Waals surface area contributed by atoms with E-state index in [0.29, 0.717) is 0 Å². The van der Waals surface area contributed by atoms with Gasteiger partial charge in [0.1, 0.15) is 0 Å². The van der Waals surface area contributed by atoms with Crippen molar-refractivity contribution in [3.05, 3.63) is 44.8 Å². The molecule has 0 amide bonds. The van der Waals surface area contributed by atoms with Crippen LogP contribution in [0.15, 0.2) is 24.3 Å². The molecule has 0 saturated heterocycles. The molecule has 0 spiro atoms. The average molecular weight is 286 g/mol. The van der Waals surface area contributed by atoms with Gasteiger partial charge >= 0.3 is 0 Å². The van der Waals surface area contributed by atoms with E-state index in [2.05, 4.69) is 17.4 Å². The molecule has 0 aliphatic rings. The first-order valence-corrected chi connectivity index (χ1v) is 6.88. The van der Waals surface area contributed by atoms with Crippen LogP contribution < -0.4 is 5.32 Å². The van der Waals surface area contributed by atoms with E-state index in [1.165, 1.54) is 4.88 Å². The Labute approximate surface area is 115 Å². The lowest BCUT2D eigenvalue weighted by atomic mass is 10.1. The van der Waals surface area contributed by atoms with E-state index in [9.17, 15) is 0 Å². The highest BCUT2D eigenvalue weighted by atomic mass is 35.5. The van der Waals surface area contributed by atoms with Gasteiger partial charge in [-0.1, -0.05) is 23.2 Å². The lowest BCUT2D eigenvalue weighted by Crippen LogP contribution is -2.02. The van der Waals surface area contributed by atoms with E-state index in [1.807, 2.05) is 26.1 Å². The number of hydrogen-bond acceptors (Lipinski definition) is 2. The Bertz CT molecular complexity index is 534. The van der Waals surface area contributed by atoms with Gasteiger partial charge in [0.05, 0.1) is 0 Å². The lowest BCUT2D eigenvalue weighted by molar-refractivity contribution is 0.831. The number of thiophene rings is 1. The highest BCUT2D eigenvalue weighted by Crippen LogP contribution is 2.36. The first-order chi connectivity index (χ1) is 8.11. The molecule has 4 heteroatoms. The molecule has 2 aromatic rings. The number of aryl methyl sites for hydroxylation is 1. The molecule has 1 aromatic carbocycles.